The van der Waals surface area contributed by atoms with Gasteiger partial charge in [0.25, 0.3) is 5.96 Å². The van der Waals surface area contributed by atoms with Crippen LogP contribution in [0.3, 0.4) is 0 Å². The van der Waals surface area contributed by atoms with Crippen molar-refractivity contribution in [2.45, 2.75) is 30.7 Å². The third-order valence-electron chi connectivity index (χ3n) is 4.81. The number of nitrogens with two attached hydrogens (primary N) is 1. The number of carbonyl (C=O) groups excluding carboxylic acids is 1. The van der Waals surface area contributed by atoms with Gasteiger partial charge in [-0.3, -0.25) is 0 Å². The van der Waals surface area contributed by atoms with Crippen LogP contribution in [0, 0.1) is 17.0 Å². The highest BCUT2D eigenvalue weighted by Gasteiger charge is 2.27. The van der Waals surface area contributed by atoms with Gasteiger partial charge in [0.2, 0.25) is 10.0 Å². The maximum Gasteiger partial charge on any atom is 0.329 e. The van der Waals surface area contributed by atoms with Crippen molar-refractivity contribution in [2.75, 3.05) is 6.54 Å². The zero-order chi connectivity index (χ0) is 24.7. The molecule has 3 aromatic rings. The van der Waals surface area contributed by atoms with E-state index in [0.717, 1.165) is 11.1 Å². The van der Waals surface area contributed by atoms with Crippen molar-refractivity contribution >= 4 is 32.9 Å². The summed E-state index contributed by atoms with van der Waals surface area (Å²) in [6.45, 7) is 1.85. The first-order chi connectivity index (χ1) is 16.2. The van der Waals surface area contributed by atoms with Gasteiger partial charge >= 0.3 is 5.97 Å². The Morgan fingerprint density at radius 3 is 2.65 bits per heavy atom. The van der Waals surface area contributed by atoms with Crippen LogP contribution in [0.15, 0.2) is 64.6 Å². The van der Waals surface area contributed by atoms with Crippen LogP contribution in [0.25, 0.3) is 10.9 Å². The summed E-state index contributed by atoms with van der Waals surface area (Å²) in [7, 11) is -4.03. The molecule has 0 saturated carbocycles. The number of carbonyl (C=O) groups is 1. The largest absolute Gasteiger partial charge is 0.423 e. The van der Waals surface area contributed by atoms with E-state index < -0.39 is 33.0 Å². The fourth-order valence-electron chi connectivity index (χ4n) is 3.13. The number of nitro groups is 1. The van der Waals surface area contributed by atoms with Crippen LogP contribution in [-0.2, 0) is 14.8 Å². The first-order valence-corrected chi connectivity index (χ1v) is 11.7. The van der Waals surface area contributed by atoms with E-state index in [4.69, 9.17) is 10.5 Å². The molecule has 0 spiro atoms. The summed E-state index contributed by atoms with van der Waals surface area (Å²) < 4.78 is 33.7. The summed E-state index contributed by atoms with van der Waals surface area (Å²) in [5.74, 6) is -0.943. The first kappa shape index (κ1) is 24.7. The van der Waals surface area contributed by atoms with E-state index >= 15 is 0 Å². The maximum atomic E-state index is 13.0. The molecule has 0 aliphatic rings. The number of rotatable bonds is 10. The molecule has 3 rings (SSSR count). The summed E-state index contributed by atoms with van der Waals surface area (Å²) in [5, 5.41) is 10.2. The van der Waals surface area contributed by atoms with Gasteiger partial charge in [0.15, 0.2) is 10.8 Å². The molecule has 1 heterocycles. The van der Waals surface area contributed by atoms with E-state index in [9.17, 15) is 23.3 Å². The van der Waals surface area contributed by atoms with Crippen LogP contribution in [0.1, 0.15) is 18.4 Å². The van der Waals surface area contributed by atoms with Crippen LogP contribution < -0.4 is 20.6 Å². The molecular formula is C21H24N6O6S. The number of nitrogens with zero attached hydrogens (tertiary/aromatic N) is 2. The molecule has 0 unspecified atom stereocenters. The standard InChI is InChI=1S/C21H24N6O6S/c1-14-8-10-15(11-9-14)34(31,32)26-18(7-4-12-23-21(22)25-27(29)30)20(28)33-19-13-24-17-6-3-2-5-16(17)19/h2-3,5-6,8-11,13,18,24,26H,4,7,12H2,1H3,(H3,22,23,25)/t18-/m0/s1. The van der Waals surface area contributed by atoms with Gasteiger partial charge in [-0.25, -0.2) is 28.3 Å². The van der Waals surface area contributed by atoms with Crippen molar-refractivity contribution in [3.05, 3.63) is 70.4 Å². The van der Waals surface area contributed by atoms with E-state index in [1.165, 1.54) is 18.3 Å². The van der Waals surface area contributed by atoms with Crippen molar-refractivity contribution < 1.29 is 23.0 Å². The van der Waals surface area contributed by atoms with E-state index in [1.807, 2.05) is 19.1 Å². The van der Waals surface area contributed by atoms with Gasteiger partial charge in [-0.15, -0.1) is 0 Å². The molecule has 12 nitrogen and oxygen atoms in total. The highest BCUT2D eigenvalue weighted by molar-refractivity contribution is 7.89. The lowest BCUT2D eigenvalue weighted by atomic mass is 10.1. The molecular weight excluding hydrogens is 464 g/mol. The molecule has 0 amide bonds. The van der Waals surface area contributed by atoms with Gasteiger partial charge in [0.05, 0.1) is 4.90 Å². The van der Waals surface area contributed by atoms with E-state index in [1.54, 1.807) is 29.7 Å². The molecule has 13 heteroatoms. The quantitative estimate of drug-likeness (QED) is 0.0828. The smallest absolute Gasteiger partial charge is 0.329 e. The van der Waals surface area contributed by atoms with E-state index in [0.29, 0.717) is 5.39 Å². The SMILES string of the molecule is Cc1ccc(S(=O)(=O)N[C@@H](CCCN=C(N)N[N+](=O)[O-])C(=O)Oc2c[nH]c3ccccc23)cc1. The number of hydrogen-bond acceptors (Lipinski definition) is 7. The average Bonchev–Trinajstić information content (AvgIpc) is 3.18. The number of sulfonamides is 1. The van der Waals surface area contributed by atoms with E-state index in [2.05, 4.69) is 14.7 Å². The number of aromatic amines is 1. The topological polar surface area (TPSA) is 182 Å². The number of aromatic nitrogens is 1. The highest BCUT2D eigenvalue weighted by atomic mass is 32.2. The first-order valence-electron chi connectivity index (χ1n) is 10.2. The summed E-state index contributed by atoms with van der Waals surface area (Å²) >= 11 is 0. The van der Waals surface area contributed by atoms with E-state index in [-0.39, 0.29) is 30.0 Å². The fraction of sp³-hybridized carbons (Fsp3) is 0.238. The minimum atomic E-state index is -4.03. The Morgan fingerprint density at radius 2 is 1.94 bits per heavy atom. The number of nitrogens with one attached hydrogen (secondary N) is 3. The van der Waals surface area contributed by atoms with Crippen molar-refractivity contribution in [1.82, 2.24) is 15.1 Å². The Hall–Kier alpha value is -3.97. The molecule has 0 radical (unpaired) electrons. The van der Waals surface area contributed by atoms with Crippen LogP contribution in [0.5, 0.6) is 5.75 Å². The number of para-hydroxylation sites is 1. The Morgan fingerprint density at radius 1 is 1.24 bits per heavy atom. The lowest BCUT2D eigenvalue weighted by molar-refractivity contribution is -0.525. The van der Waals surface area contributed by atoms with Crippen LogP contribution in [0.2, 0.25) is 0 Å². The third kappa shape index (κ3) is 6.52. The Kier molecular flexibility index (Phi) is 7.81. The minimum Gasteiger partial charge on any atom is -0.423 e. The van der Waals surface area contributed by atoms with Gasteiger partial charge < -0.3 is 15.5 Å². The number of ether oxygens (including phenoxy) is 1. The van der Waals surface area contributed by atoms with Crippen molar-refractivity contribution in [1.29, 1.82) is 0 Å². The molecule has 2 aromatic carbocycles. The Bertz CT molecular complexity index is 1300. The zero-order valence-electron chi connectivity index (χ0n) is 18.2. The Balaban J connectivity index is 1.76. The van der Waals surface area contributed by atoms with Crippen molar-refractivity contribution in [2.24, 2.45) is 10.7 Å². The van der Waals surface area contributed by atoms with Crippen LogP contribution in [-0.4, -0.2) is 42.9 Å². The number of benzene rings is 2. The molecule has 1 aromatic heterocycles. The molecule has 180 valence electrons. The second kappa shape index (κ2) is 10.8. The number of aliphatic imine (C=N–C) groups is 1. The Labute approximate surface area is 195 Å². The van der Waals surface area contributed by atoms with Crippen LogP contribution >= 0.6 is 0 Å². The number of H-pyrrole nitrogens is 1. The van der Waals surface area contributed by atoms with Crippen molar-refractivity contribution in [3.8, 4) is 5.75 Å². The third-order valence-corrected chi connectivity index (χ3v) is 6.30. The average molecular weight is 489 g/mol. The molecule has 0 aliphatic carbocycles. The minimum absolute atomic E-state index is 0.000410. The molecule has 1 atom stereocenters. The summed E-state index contributed by atoms with van der Waals surface area (Å²) in [5.41, 5.74) is 8.72. The maximum absolute atomic E-state index is 13.0. The predicted molar refractivity (Wildman–Crippen MR) is 125 cm³/mol. The predicted octanol–water partition coefficient (Wildman–Crippen LogP) is 1.61. The molecule has 5 N–H and O–H groups in total. The highest BCUT2D eigenvalue weighted by Crippen LogP contribution is 2.25. The summed E-state index contributed by atoms with van der Waals surface area (Å²) in [6.07, 6.45) is 1.73. The lowest BCUT2D eigenvalue weighted by Crippen LogP contribution is -2.43. The zero-order valence-corrected chi connectivity index (χ0v) is 19.0. The van der Waals surface area contributed by atoms with Gasteiger partial charge in [0.1, 0.15) is 6.04 Å². The van der Waals surface area contributed by atoms with Crippen LogP contribution in [0.4, 0.5) is 0 Å². The number of hydrogen-bond donors (Lipinski definition) is 4. The molecule has 0 aliphatic heterocycles. The number of aryl methyl sites for hydroxylation is 1. The summed E-state index contributed by atoms with van der Waals surface area (Å²) in [6, 6.07) is 12.1. The molecule has 0 bridgehead atoms. The molecule has 0 fully saturated rings. The number of hydrazine groups is 1. The summed E-state index contributed by atoms with van der Waals surface area (Å²) in [4.78, 5) is 30.1. The second-order valence-electron chi connectivity index (χ2n) is 7.38. The number of fused-ring (bicyclic) bond motifs is 1. The fourth-order valence-corrected chi connectivity index (χ4v) is 4.35. The number of guanidine groups is 1. The number of esters is 1. The van der Waals surface area contributed by atoms with Crippen molar-refractivity contribution in [3.63, 3.8) is 0 Å². The normalized spacial score (nSPS) is 12.9. The van der Waals surface area contributed by atoms with Gasteiger partial charge in [-0.2, -0.15) is 4.72 Å². The monoisotopic (exact) mass is 488 g/mol. The molecule has 0 saturated heterocycles. The van der Waals surface area contributed by atoms with Gasteiger partial charge in [0, 0.05) is 23.6 Å². The van der Waals surface area contributed by atoms with Gasteiger partial charge in [-0.05, 0) is 44.0 Å². The molecule has 34 heavy (non-hydrogen) atoms. The van der Waals surface area contributed by atoms with Gasteiger partial charge in [-0.1, -0.05) is 35.3 Å². The lowest BCUT2D eigenvalue weighted by Gasteiger charge is -2.17. The second-order valence-corrected chi connectivity index (χ2v) is 9.10.